The molecule has 0 aliphatic rings. The van der Waals surface area contributed by atoms with Crippen LogP contribution in [0.4, 0.5) is 0 Å². The van der Waals surface area contributed by atoms with E-state index in [1.54, 1.807) is 0 Å². The van der Waals surface area contributed by atoms with Crippen molar-refractivity contribution in [2.24, 2.45) is 0 Å². The number of carboxylic acids is 1. The Bertz CT molecular complexity index is 303. The average molecular weight is 194 g/mol. The van der Waals surface area contributed by atoms with Gasteiger partial charge in [-0.25, -0.2) is 4.79 Å². The number of hydrogen-bond donors (Lipinski definition) is 1. The molecule has 0 radical (unpaired) electrons. The van der Waals surface area contributed by atoms with E-state index in [0.29, 0.717) is 5.82 Å². The molecule has 0 spiro atoms. The van der Waals surface area contributed by atoms with Crippen LogP contribution in [0.5, 0.6) is 0 Å². The summed E-state index contributed by atoms with van der Waals surface area (Å²) >= 11 is 0. The van der Waals surface area contributed by atoms with Gasteiger partial charge in [-0.1, -0.05) is 25.9 Å². The van der Waals surface area contributed by atoms with Crippen molar-refractivity contribution in [1.29, 1.82) is 0 Å². The topological polar surface area (TPSA) is 76.2 Å². The molecule has 0 aromatic carbocycles. The van der Waals surface area contributed by atoms with E-state index in [0.717, 1.165) is 0 Å². The third kappa shape index (κ3) is 3.10. The number of nitrogens with zero attached hydrogens (tertiary/aromatic N) is 2. The van der Waals surface area contributed by atoms with Crippen molar-refractivity contribution in [3.05, 3.63) is 11.7 Å². The predicted molar refractivity (Wildman–Crippen MR) is 47.1 cm³/mol. The second-order valence-corrected chi connectivity index (χ2v) is 3.48. The van der Waals surface area contributed by atoms with Crippen LogP contribution in [0, 0.1) is 0 Å². The molecule has 0 aliphatic heterocycles. The Morgan fingerprint density at radius 1 is 1.46 bits per heavy atom. The number of hydrogen-bond acceptors (Lipinski definition) is 4. The summed E-state index contributed by atoms with van der Waals surface area (Å²) in [6.45, 7) is 5.64. The molecule has 0 fully saturated rings. The first kappa shape index (κ1) is 12.6. The van der Waals surface area contributed by atoms with Gasteiger partial charge in [0.05, 0.1) is 0 Å². The Morgan fingerprint density at radius 2 is 2.00 bits per heavy atom. The molecule has 1 aromatic rings. The Balaban J connectivity index is 0.00000144. The minimum absolute atomic E-state index is 0. The van der Waals surface area contributed by atoms with E-state index in [4.69, 9.17) is 5.11 Å². The first-order chi connectivity index (χ1) is 5.41. The molecule has 13 heavy (non-hydrogen) atoms. The summed E-state index contributed by atoms with van der Waals surface area (Å²) in [5.41, 5.74) is -0.281. The molecule has 0 aliphatic carbocycles. The maximum atomic E-state index is 10.3. The summed E-state index contributed by atoms with van der Waals surface area (Å²) in [6.07, 6.45) is 0. The van der Waals surface area contributed by atoms with Gasteiger partial charge < -0.3 is 9.63 Å². The normalized spacial score (nSPS) is 10.7. The first-order valence-electron chi connectivity index (χ1n) is 3.49. The fourth-order valence-corrected chi connectivity index (χ4v) is 0.615. The van der Waals surface area contributed by atoms with Gasteiger partial charge in [-0.05, 0) is 0 Å². The Labute approximate surface area is 97.8 Å². The summed E-state index contributed by atoms with van der Waals surface area (Å²) in [7, 11) is 0. The second-order valence-electron chi connectivity index (χ2n) is 3.48. The standard InChI is InChI=1S/C7H10N2O3.Na.H/c1-7(2,3)6-8-4(5(10)11)12-9-6;;/h1-3H3,(H,10,11);;. The number of aromatic nitrogens is 2. The number of aromatic carboxylic acids is 1. The Kier molecular flexibility index (Phi) is 4.09. The van der Waals surface area contributed by atoms with Crippen LogP contribution < -0.4 is 0 Å². The molecule has 68 valence electrons. The fraction of sp³-hybridized carbons (Fsp3) is 0.571. The molecule has 0 atom stereocenters. The van der Waals surface area contributed by atoms with Crippen LogP contribution in [0.25, 0.3) is 0 Å². The average Bonchev–Trinajstić information content (AvgIpc) is 2.30. The van der Waals surface area contributed by atoms with Crippen LogP contribution in [0.2, 0.25) is 0 Å². The molecule has 6 heteroatoms. The number of rotatable bonds is 1. The second kappa shape index (κ2) is 4.21. The quantitative estimate of drug-likeness (QED) is 0.655. The van der Waals surface area contributed by atoms with Crippen LogP contribution in [-0.4, -0.2) is 50.8 Å². The van der Waals surface area contributed by atoms with Crippen LogP contribution in [-0.2, 0) is 5.41 Å². The first-order valence-corrected chi connectivity index (χ1v) is 3.49. The molecule has 0 unspecified atom stereocenters. The Hall–Kier alpha value is -0.390. The van der Waals surface area contributed by atoms with Gasteiger partial charge in [-0.3, -0.25) is 0 Å². The molecule has 0 saturated heterocycles. The summed E-state index contributed by atoms with van der Waals surface area (Å²) in [5, 5.41) is 12.0. The summed E-state index contributed by atoms with van der Waals surface area (Å²) in [5.74, 6) is -1.15. The molecule has 5 nitrogen and oxygen atoms in total. The van der Waals surface area contributed by atoms with E-state index in [1.165, 1.54) is 0 Å². The third-order valence-electron chi connectivity index (χ3n) is 1.28. The van der Waals surface area contributed by atoms with Gasteiger partial charge in [0.2, 0.25) is 0 Å². The van der Waals surface area contributed by atoms with E-state index >= 15 is 0 Å². The molecular formula is C7H11N2NaO3. The predicted octanol–water partition coefficient (Wildman–Crippen LogP) is 0.417. The van der Waals surface area contributed by atoms with Gasteiger partial charge in [0.1, 0.15) is 0 Å². The molecular weight excluding hydrogens is 183 g/mol. The third-order valence-corrected chi connectivity index (χ3v) is 1.28. The van der Waals surface area contributed by atoms with Crippen LogP contribution in [0.15, 0.2) is 4.52 Å². The zero-order valence-corrected chi connectivity index (χ0v) is 7.16. The van der Waals surface area contributed by atoms with Crippen LogP contribution in [0.1, 0.15) is 37.3 Å². The maximum absolute atomic E-state index is 10.3. The molecule has 1 N–H and O–H groups in total. The molecule has 0 bridgehead atoms. The van der Waals surface area contributed by atoms with Crippen molar-refractivity contribution < 1.29 is 14.4 Å². The van der Waals surface area contributed by atoms with Gasteiger partial charge >= 0.3 is 41.4 Å². The van der Waals surface area contributed by atoms with Crippen molar-refractivity contribution in [1.82, 2.24) is 10.1 Å². The van der Waals surface area contributed by atoms with Gasteiger partial charge in [0.25, 0.3) is 0 Å². The minimum atomic E-state index is -1.20. The van der Waals surface area contributed by atoms with Gasteiger partial charge in [0, 0.05) is 5.41 Å². The van der Waals surface area contributed by atoms with E-state index in [9.17, 15) is 4.79 Å². The number of carboxylic acid groups (broad SMARTS) is 1. The van der Waals surface area contributed by atoms with E-state index in [2.05, 4.69) is 14.7 Å². The van der Waals surface area contributed by atoms with Gasteiger partial charge in [-0.15, -0.1) is 0 Å². The van der Waals surface area contributed by atoms with Crippen molar-refractivity contribution in [2.75, 3.05) is 0 Å². The Morgan fingerprint density at radius 3 is 2.23 bits per heavy atom. The van der Waals surface area contributed by atoms with Crippen molar-refractivity contribution >= 4 is 35.5 Å². The summed E-state index contributed by atoms with van der Waals surface area (Å²) in [4.78, 5) is 14.0. The van der Waals surface area contributed by atoms with Crippen molar-refractivity contribution in [3.8, 4) is 0 Å². The molecule has 1 heterocycles. The molecule has 0 saturated carbocycles. The molecule has 1 rings (SSSR count). The SMILES string of the molecule is CC(C)(C)c1noc(C(=O)O)n1.[NaH]. The van der Waals surface area contributed by atoms with Crippen molar-refractivity contribution in [2.45, 2.75) is 26.2 Å². The van der Waals surface area contributed by atoms with Gasteiger partial charge in [-0.2, -0.15) is 4.98 Å². The monoisotopic (exact) mass is 194 g/mol. The van der Waals surface area contributed by atoms with Gasteiger partial charge in [0.15, 0.2) is 5.82 Å². The summed E-state index contributed by atoms with van der Waals surface area (Å²) in [6, 6.07) is 0. The van der Waals surface area contributed by atoms with E-state index < -0.39 is 5.97 Å². The van der Waals surface area contributed by atoms with Crippen molar-refractivity contribution in [3.63, 3.8) is 0 Å². The zero-order chi connectivity index (χ0) is 9.35. The fourth-order valence-electron chi connectivity index (χ4n) is 0.615. The molecule has 0 amide bonds. The molecule has 1 aromatic heterocycles. The zero-order valence-electron chi connectivity index (χ0n) is 7.16. The van der Waals surface area contributed by atoms with E-state index in [1.807, 2.05) is 20.8 Å². The van der Waals surface area contributed by atoms with Crippen LogP contribution >= 0.6 is 0 Å². The number of carbonyl (C=O) groups is 1. The van der Waals surface area contributed by atoms with Crippen LogP contribution in [0.3, 0.4) is 0 Å². The summed E-state index contributed by atoms with van der Waals surface area (Å²) < 4.78 is 4.49. The van der Waals surface area contributed by atoms with E-state index in [-0.39, 0.29) is 40.9 Å².